The van der Waals surface area contributed by atoms with Crippen molar-refractivity contribution in [3.63, 3.8) is 0 Å². The van der Waals surface area contributed by atoms with Crippen LogP contribution in [0.5, 0.6) is 0 Å². The van der Waals surface area contributed by atoms with E-state index in [0.717, 1.165) is 36.1 Å². The van der Waals surface area contributed by atoms with Crippen molar-refractivity contribution >= 4 is 22.8 Å². The van der Waals surface area contributed by atoms with E-state index >= 15 is 0 Å². The van der Waals surface area contributed by atoms with Gasteiger partial charge in [-0.3, -0.25) is 9.69 Å². The summed E-state index contributed by atoms with van der Waals surface area (Å²) < 4.78 is 12.1. The second-order valence-electron chi connectivity index (χ2n) is 7.62. The predicted octanol–water partition coefficient (Wildman–Crippen LogP) is 2.62. The van der Waals surface area contributed by atoms with Crippen LogP contribution in [-0.4, -0.2) is 61.3 Å². The molecule has 1 aliphatic heterocycles. The summed E-state index contributed by atoms with van der Waals surface area (Å²) in [5, 5.41) is 3.96. The lowest BCUT2D eigenvalue weighted by atomic mass is 10.1. The second kappa shape index (κ2) is 9.76. The zero-order valence-corrected chi connectivity index (χ0v) is 17.6. The van der Waals surface area contributed by atoms with Gasteiger partial charge in [0.1, 0.15) is 6.54 Å². The van der Waals surface area contributed by atoms with Crippen molar-refractivity contribution in [2.24, 2.45) is 0 Å². The van der Waals surface area contributed by atoms with Gasteiger partial charge >= 0.3 is 5.97 Å². The van der Waals surface area contributed by atoms with Gasteiger partial charge in [-0.25, -0.2) is 4.79 Å². The topological polar surface area (TPSA) is 72.8 Å². The third-order valence-electron chi connectivity index (χ3n) is 5.59. The first-order valence-electron chi connectivity index (χ1n) is 10.5. The maximum Gasteiger partial charge on any atom is 0.340 e. The zero-order chi connectivity index (χ0) is 21.6. The van der Waals surface area contributed by atoms with Gasteiger partial charge in [0.2, 0.25) is 5.91 Å². The Hall–Kier alpha value is -3.16. The van der Waals surface area contributed by atoms with Gasteiger partial charge in [0.25, 0.3) is 0 Å². The predicted molar refractivity (Wildman–Crippen MR) is 118 cm³/mol. The first kappa shape index (κ1) is 21.1. The van der Waals surface area contributed by atoms with Crippen molar-refractivity contribution in [3.05, 3.63) is 71.9 Å². The first-order valence-corrected chi connectivity index (χ1v) is 10.5. The van der Waals surface area contributed by atoms with E-state index in [9.17, 15) is 9.59 Å². The number of benzene rings is 2. The Bertz CT molecular complexity index is 1040. The highest BCUT2D eigenvalue weighted by Crippen LogP contribution is 2.22. The third-order valence-corrected chi connectivity index (χ3v) is 5.59. The number of ether oxygens (including phenoxy) is 2. The lowest BCUT2D eigenvalue weighted by Gasteiger charge is -2.31. The van der Waals surface area contributed by atoms with Gasteiger partial charge in [0.15, 0.2) is 0 Å². The molecule has 0 unspecified atom stereocenters. The van der Waals surface area contributed by atoms with Gasteiger partial charge in [-0.15, -0.1) is 0 Å². The number of fused-ring (bicyclic) bond motifs is 1. The standard InChI is InChI=1S/C24H27N3O4/c1-30-24(29)20-15-27(22-10-6-5-9-19(20)22)17-23(28)25-21(18-7-3-2-4-8-18)16-26-11-13-31-14-12-26/h2-10,15,21H,11-14,16-17H2,1H3,(H,25,28)/t21-/m0/s1. The molecule has 1 aliphatic rings. The number of hydrogen-bond donors (Lipinski definition) is 1. The van der Waals surface area contributed by atoms with Crippen LogP contribution in [0.25, 0.3) is 10.9 Å². The van der Waals surface area contributed by atoms with Crippen LogP contribution in [0.2, 0.25) is 0 Å². The van der Waals surface area contributed by atoms with Crippen LogP contribution in [0.4, 0.5) is 0 Å². The van der Waals surface area contributed by atoms with Crippen molar-refractivity contribution < 1.29 is 19.1 Å². The summed E-state index contributed by atoms with van der Waals surface area (Å²) in [4.78, 5) is 27.5. The summed E-state index contributed by atoms with van der Waals surface area (Å²) in [6.07, 6.45) is 1.69. The van der Waals surface area contributed by atoms with E-state index in [-0.39, 0.29) is 18.5 Å². The Morgan fingerprint density at radius 3 is 2.52 bits per heavy atom. The maximum atomic E-state index is 13.0. The maximum absolute atomic E-state index is 13.0. The molecule has 3 aromatic rings. The molecule has 4 rings (SSSR count). The molecule has 2 heterocycles. The molecule has 1 amide bonds. The minimum absolute atomic E-state index is 0.112. The van der Waals surface area contributed by atoms with Gasteiger partial charge in [0.05, 0.1) is 31.9 Å². The number of nitrogens with zero attached hydrogens (tertiary/aromatic N) is 2. The van der Waals surface area contributed by atoms with E-state index < -0.39 is 5.97 Å². The number of aromatic nitrogens is 1. The van der Waals surface area contributed by atoms with Crippen LogP contribution in [0.15, 0.2) is 60.8 Å². The lowest BCUT2D eigenvalue weighted by Crippen LogP contribution is -2.43. The van der Waals surface area contributed by atoms with E-state index in [4.69, 9.17) is 9.47 Å². The molecule has 0 radical (unpaired) electrons. The van der Waals surface area contributed by atoms with E-state index in [1.165, 1.54) is 7.11 Å². The molecule has 1 saturated heterocycles. The molecule has 0 aliphatic carbocycles. The van der Waals surface area contributed by atoms with Gasteiger partial charge in [-0.2, -0.15) is 0 Å². The molecule has 2 aromatic carbocycles. The highest BCUT2D eigenvalue weighted by molar-refractivity contribution is 6.04. The highest BCUT2D eigenvalue weighted by Gasteiger charge is 2.21. The van der Waals surface area contributed by atoms with Crippen molar-refractivity contribution in [1.82, 2.24) is 14.8 Å². The lowest BCUT2D eigenvalue weighted by molar-refractivity contribution is -0.122. The number of para-hydroxylation sites is 1. The molecule has 31 heavy (non-hydrogen) atoms. The molecule has 7 nitrogen and oxygen atoms in total. The number of morpholine rings is 1. The van der Waals surface area contributed by atoms with Gasteiger partial charge in [0, 0.05) is 36.7 Å². The zero-order valence-electron chi connectivity index (χ0n) is 17.6. The summed E-state index contributed by atoms with van der Waals surface area (Å²) in [7, 11) is 1.36. The summed E-state index contributed by atoms with van der Waals surface area (Å²) in [6, 6.07) is 17.4. The van der Waals surface area contributed by atoms with Crippen LogP contribution in [0.1, 0.15) is 22.0 Å². The number of nitrogens with one attached hydrogen (secondary N) is 1. The molecular formula is C24H27N3O4. The average Bonchev–Trinajstić information content (AvgIpc) is 3.18. The minimum atomic E-state index is -0.412. The number of rotatable bonds is 7. The van der Waals surface area contributed by atoms with Crippen LogP contribution in [0, 0.1) is 0 Å². The average molecular weight is 421 g/mol. The van der Waals surface area contributed by atoms with Gasteiger partial charge in [-0.05, 0) is 11.6 Å². The minimum Gasteiger partial charge on any atom is -0.465 e. The van der Waals surface area contributed by atoms with Gasteiger partial charge < -0.3 is 19.4 Å². The fraction of sp³-hybridized carbons (Fsp3) is 0.333. The van der Waals surface area contributed by atoms with E-state index in [2.05, 4.69) is 10.2 Å². The SMILES string of the molecule is COC(=O)c1cn(CC(=O)N[C@@H](CN2CCOCC2)c2ccccc2)c2ccccc12. The summed E-state index contributed by atoms with van der Waals surface area (Å²) in [5.74, 6) is -0.524. The molecule has 0 spiro atoms. The number of methoxy groups -OCH3 is 1. The van der Waals surface area contributed by atoms with Crippen molar-refractivity contribution in [1.29, 1.82) is 0 Å². The number of hydrogen-bond acceptors (Lipinski definition) is 5. The van der Waals surface area contributed by atoms with Crippen molar-refractivity contribution in [2.45, 2.75) is 12.6 Å². The summed E-state index contributed by atoms with van der Waals surface area (Å²) in [6.45, 7) is 3.96. The van der Waals surface area contributed by atoms with E-state index in [1.54, 1.807) is 10.8 Å². The highest BCUT2D eigenvalue weighted by atomic mass is 16.5. The Morgan fingerprint density at radius 1 is 1.06 bits per heavy atom. The number of esters is 1. The van der Waals surface area contributed by atoms with Crippen LogP contribution < -0.4 is 5.32 Å². The molecule has 162 valence electrons. The Morgan fingerprint density at radius 2 is 1.77 bits per heavy atom. The number of carbonyl (C=O) groups is 2. The van der Waals surface area contributed by atoms with Crippen LogP contribution >= 0.6 is 0 Å². The molecule has 1 N–H and O–H groups in total. The first-order chi connectivity index (χ1) is 15.2. The number of amides is 1. The molecule has 1 fully saturated rings. The molecule has 7 heteroatoms. The summed E-state index contributed by atoms with van der Waals surface area (Å²) in [5.41, 5.74) is 2.34. The van der Waals surface area contributed by atoms with E-state index in [0.29, 0.717) is 18.8 Å². The van der Waals surface area contributed by atoms with Crippen LogP contribution in [-0.2, 0) is 20.8 Å². The van der Waals surface area contributed by atoms with Crippen molar-refractivity contribution in [2.75, 3.05) is 40.0 Å². The van der Waals surface area contributed by atoms with Crippen LogP contribution in [0.3, 0.4) is 0 Å². The van der Waals surface area contributed by atoms with E-state index in [1.807, 2.05) is 54.6 Å². The molecule has 1 atom stereocenters. The molecule has 0 bridgehead atoms. The molecular weight excluding hydrogens is 394 g/mol. The largest absolute Gasteiger partial charge is 0.465 e. The summed E-state index contributed by atoms with van der Waals surface area (Å²) >= 11 is 0. The number of carbonyl (C=O) groups excluding carboxylic acids is 2. The Kier molecular flexibility index (Phi) is 6.64. The Balaban J connectivity index is 1.53. The fourth-order valence-corrected chi connectivity index (χ4v) is 4.01. The quantitative estimate of drug-likeness (QED) is 0.594. The Labute approximate surface area is 181 Å². The van der Waals surface area contributed by atoms with Gasteiger partial charge in [-0.1, -0.05) is 48.5 Å². The smallest absolute Gasteiger partial charge is 0.340 e. The fourth-order valence-electron chi connectivity index (χ4n) is 4.01. The monoisotopic (exact) mass is 421 g/mol. The third kappa shape index (κ3) is 4.95. The normalized spacial score (nSPS) is 15.5. The molecule has 1 aromatic heterocycles. The molecule has 0 saturated carbocycles. The van der Waals surface area contributed by atoms with Crippen molar-refractivity contribution in [3.8, 4) is 0 Å². The second-order valence-corrected chi connectivity index (χ2v) is 7.62.